The topological polar surface area (TPSA) is 60.6 Å². The molecule has 5 nitrogen and oxygen atoms in total. The van der Waals surface area contributed by atoms with Crippen molar-refractivity contribution in [2.75, 3.05) is 30.4 Å². The molecule has 0 saturated carbocycles. The maximum Gasteiger partial charge on any atom is 0.239 e. The van der Waals surface area contributed by atoms with Gasteiger partial charge in [0, 0.05) is 12.1 Å². The molecule has 1 aromatic carbocycles. The first kappa shape index (κ1) is 13.5. The van der Waals surface area contributed by atoms with E-state index in [1.165, 1.54) is 0 Å². The lowest BCUT2D eigenvalue weighted by Crippen LogP contribution is -2.26. The lowest BCUT2D eigenvalue weighted by atomic mass is 10.2. The van der Waals surface area contributed by atoms with Crippen LogP contribution in [0.5, 0.6) is 11.6 Å². The van der Waals surface area contributed by atoms with Gasteiger partial charge in [0.05, 0.1) is 18.8 Å². The van der Waals surface area contributed by atoms with Crippen molar-refractivity contribution in [1.29, 1.82) is 0 Å². The Labute approximate surface area is 124 Å². The monoisotopic (exact) mass is 285 g/mol. The summed E-state index contributed by atoms with van der Waals surface area (Å²) in [4.78, 5) is 6.70. The first-order chi connectivity index (χ1) is 10.3. The summed E-state index contributed by atoms with van der Waals surface area (Å²) in [6, 6.07) is 11.9. The van der Waals surface area contributed by atoms with Gasteiger partial charge >= 0.3 is 0 Å². The minimum absolute atomic E-state index is 0.494. The number of aromatic nitrogens is 1. The molecule has 0 fully saturated rings. The maximum atomic E-state index is 5.88. The third-order valence-electron chi connectivity index (χ3n) is 3.43. The molecule has 110 valence electrons. The molecule has 0 amide bonds. The Morgan fingerprint density at radius 3 is 3.00 bits per heavy atom. The SMILES string of the molecule is CCOc1nc(N2CCOc3ccccc3C2)ccc1N. The molecule has 3 rings (SSSR count). The average molecular weight is 285 g/mol. The van der Waals surface area contributed by atoms with Gasteiger partial charge in [-0.2, -0.15) is 4.98 Å². The van der Waals surface area contributed by atoms with E-state index in [1.807, 2.05) is 37.3 Å². The molecule has 0 saturated heterocycles. The summed E-state index contributed by atoms with van der Waals surface area (Å²) in [6.07, 6.45) is 0. The first-order valence-electron chi connectivity index (χ1n) is 7.13. The number of anilines is 2. The molecule has 5 heteroatoms. The first-order valence-corrected chi connectivity index (χ1v) is 7.13. The molecule has 2 aromatic rings. The van der Waals surface area contributed by atoms with E-state index in [-0.39, 0.29) is 0 Å². The Hall–Kier alpha value is -2.43. The minimum atomic E-state index is 0.494. The Bertz CT molecular complexity index is 631. The van der Waals surface area contributed by atoms with Crippen LogP contribution in [0.2, 0.25) is 0 Å². The van der Waals surface area contributed by atoms with Crippen molar-refractivity contribution < 1.29 is 9.47 Å². The summed E-state index contributed by atoms with van der Waals surface area (Å²) >= 11 is 0. The van der Waals surface area contributed by atoms with Gasteiger partial charge in [0.15, 0.2) is 0 Å². The summed E-state index contributed by atoms with van der Waals surface area (Å²) in [5.41, 5.74) is 7.60. The average Bonchev–Trinajstić information content (AvgIpc) is 2.72. The van der Waals surface area contributed by atoms with Gasteiger partial charge in [-0.25, -0.2) is 0 Å². The van der Waals surface area contributed by atoms with Crippen LogP contribution in [0.15, 0.2) is 36.4 Å². The molecule has 2 N–H and O–H groups in total. The van der Waals surface area contributed by atoms with Crippen molar-refractivity contribution in [1.82, 2.24) is 4.98 Å². The standard InChI is InChI=1S/C16H19N3O2/c1-2-20-16-13(17)7-8-15(18-16)19-9-10-21-14-6-4-3-5-12(14)11-19/h3-8H,2,9-11,17H2,1H3. The number of rotatable bonds is 3. The number of para-hydroxylation sites is 1. The van der Waals surface area contributed by atoms with E-state index in [1.54, 1.807) is 0 Å². The molecule has 0 radical (unpaired) electrons. The second-order valence-electron chi connectivity index (χ2n) is 4.87. The highest BCUT2D eigenvalue weighted by molar-refractivity contribution is 5.55. The van der Waals surface area contributed by atoms with Crippen molar-refractivity contribution in [3.8, 4) is 11.6 Å². The largest absolute Gasteiger partial charge is 0.491 e. The zero-order valence-corrected chi connectivity index (χ0v) is 12.1. The number of ether oxygens (including phenoxy) is 2. The van der Waals surface area contributed by atoms with Crippen molar-refractivity contribution in [3.63, 3.8) is 0 Å². The van der Waals surface area contributed by atoms with E-state index in [0.29, 0.717) is 24.8 Å². The van der Waals surface area contributed by atoms with Crippen molar-refractivity contribution in [2.45, 2.75) is 13.5 Å². The maximum absolute atomic E-state index is 5.88. The van der Waals surface area contributed by atoms with E-state index in [4.69, 9.17) is 15.2 Å². The third kappa shape index (κ3) is 2.86. The Morgan fingerprint density at radius 1 is 1.29 bits per heavy atom. The van der Waals surface area contributed by atoms with Gasteiger partial charge in [0.2, 0.25) is 5.88 Å². The Kier molecular flexibility index (Phi) is 3.81. The Balaban J connectivity index is 1.88. The molecule has 2 heterocycles. The van der Waals surface area contributed by atoms with E-state index in [0.717, 1.165) is 30.2 Å². The number of nitrogens with zero attached hydrogens (tertiary/aromatic N) is 2. The fourth-order valence-electron chi connectivity index (χ4n) is 2.39. The molecule has 1 aromatic heterocycles. The second-order valence-corrected chi connectivity index (χ2v) is 4.87. The van der Waals surface area contributed by atoms with Crippen LogP contribution in [0.4, 0.5) is 11.5 Å². The number of pyridine rings is 1. The van der Waals surface area contributed by atoms with Crippen molar-refractivity contribution in [3.05, 3.63) is 42.0 Å². The highest BCUT2D eigenvalue weighted by atomic mass is 16.5. The van der Waals surface area contributed by atoms with Gasteiger partial charge in [-0.3, -0.25) is 0 Å². The summed E-state index contributed by atoms with van der Waals surface area (Å²) in [6.45, 7) is 4.64. The molecule has 0 bridgehead atoms. The fourth-order valence-corrected chi connectivity index (χ4v) is 2.39. The van der Waals surface area contributed by atoms with Crippen LogP contribution in [0.1, 0.15) is 12.5 Å². The molecule has 1 aliphatic heterocycles. The van der Waals surface area contributed by atoms with Crippen LogP contribution < -0.4 is 20.1 Å². The molecular weight excluding hydrogens is 266 g/mol. The number of nitrogen functional groups attached to an aromatic ring is 1. The summed E-state index contributed by atoms with van der Waals surface area (Å²) in [5, 5.41) is 0. The van der Waals surface area contributed by atoms with Gasteiger partial charge in [-0.05, 0) is 25.1 Å². The summed E-state index contributed by atoms with van der Waals surface area (Å²) in [5.74, 6) is 2.29. The molecule has 0 unspecified atom stereocenters. The van der Waals surface area contributed by atoms with E-state index < -0.39 is 0 Å². The second kappa shape index (κ2) is 5.91. The van der Waals surface area contributed by atoms with Gasteiger partial charge < -0.3 is 20.1 Å². The molecule has 0 spiro atoms. The van der Waals surface area contributed by atoms with Crippen LogP contribution in [0.3, 0.4) is 0 Å². The fraction of sp³-hybridized carbons (Fsp3) is 0.312. The lowest BCUT2D eigenvalue weighted by molar-refractivity contribution is 0.326. The van der Waals surface area contributed by atoms with Crippen LogP contribution >= 0.6 is 0 Å². The number of benzene rings is 1. The van der Waals surface area contributed by atoms with E-state index >= 15 is 0 Å². The van der Waals surface area contributed by atoms with Crippen LogP contribution in [-0.4, -0.2) is 24.7 Å². The van der Waals surface area contributed by atoms with E-state index in [2.05, 4.69) is 16.0 Å². The highest BCUT2D eigenvalue weighted by Crippen LogP contribution is 2.28. The van der Waals surface area contributed by atoms with Gasteiger partial charge in [-0.1, -0.05) is 18.2 Å². The van der Waals surface area contributed by atoms with Gasteiger partial charge in [0.25, 0.3) is 0 Å². The zero-order chi connectivity index (χ0) is 14.7. The number of fused-ring (bicyclic) bond motifs is 1. The summed E-state index contributed by atoms with van der Waals surface area (Å²) < 4.78 is 11.3. The lowest BCUT2D eigenvalue weighted by Gasteiger charge is -2.21. The predicted octanol–water partition coefficient (Wildman–Crippen LogP) is 2.46. The molecule has 1 aliphatic rings. The van der Waals surface area contributed by atoms with Crippen LogP contribution in [-0.2, 0) is 6.54 Å². The Morgan fingerprint density at radius 2 is 2.14 bits per heavy atom. The molecule has 21 heavy (non-hydrogen) atoms. The van der Waals surface area contributed by atoms with Gasteiger partial charge in [-0.15, -0.1) is 0 Å². The predicted molar refractivity (Wildman–Crippen MR) is 82.8 cm³/mol. The number of nitrogens with two attached hydrogens (primary N) is 1. The zero-order valence-electron chi connectivity index (χ0n) is 12.1. The molecule has 0 atom stereocenters. The van der Waals surface area contributed by atoms with E-state index in [9.17, 15) is 0 Å². The number of hydrogen-bond donors (Lipinski definition) is 1. The molecular formula is C16H19N3O2. The highest BCUT2D eigenvalue weighted by Gasteiger charge is 2.17. The van der Waals surface area contributed by atoms with Gasteiger partial charge in [0.1, 0.15) is 18.2 Å². The van der Waals surface area contributed by atoms with Crippen molar-refractivity contribution >= 4 is 11.5 Å². The van der Waals surface area contributed by atoms with Crippen LogP contribution in [0, 0.1) is 0 Å². The van der Waals surface area contributed by atoms with Crippen molar-refractivity contribution in [2.24, 2.45) is 0 Å². The third-order valence-corrected chi connectivity index (χ3v) is 3.43. The normalized spacial score (nSPS) is 14.0. The molecule has 0 aliphatic carbocycles. The summed E-state index contributed by atoms with van der Waals surface area (Å²) in [7, 11) is 0. The van der Waals surface area contributed by atoms with Crippen LogP contribution in [0.25, 0.3) is 0 Å². The number of hydrogen-bond acceptors (Lipinski definition) is 5. The quantitative estimate of drug-likeness (QED) is 0.938. The minimum Gasteiger partial charge on any atom is -0.491 e. The smallest absolute Gasteiger partial charge is 0.239 e.